The third-order valence-electron chi connectivity index (χ3n) is 4.17. The van der Waals surface area contributed by atoms with Gasteiger partial charge in [0, 0.05) is 25.9 Å². The molecular formula is C18H15N5O2S. The van der Waals surface area contributed by atoms with Crippen LogP contribution in [0.4, 0.5) is 5.69 Å². The Labute approximate surface area is 152 Å². The van der Waals surface area contributed by atoms with E-state index in [1.54, 1.807) is 30.5 Å². The van der Waals surface area contributed by atoms with E-state index in [2.05, 4.69) is 9.97 Å². The molecule has 130 valence electrons. The summed E-state index contributed by atoms with van der Waals surface area (Å²) in [5.41, 5.74) is 7.71. The predicted octanol–water partition coefficient (Wildman–Crippen LogP) is 2.16. The summed E-state index contributed by atoms with van der Waals surface area (Å²) in [6.45, 7) is 0. The number of pyridine rings is 1. The molecule has 0 saturated carbocycles. The number of fused-ring (bicyclic) bond motifs is 3. The lowest BCUT2D eigenvalue weighted by Crippen LogP contribution is -2.18. The molecule has 0 aliphatic rings. The third-order valence-corrected chi connectivity index (χ3v) is 5.25. The summed E-state index contributed by atoms with van der Waals surface area (Å²) in [6, 6.07) is 8.43. The van der Waals surface area contributed by atoms with Crippen LogP contribution in [0.2, 0.25) is 0 Å². The monoisotopic (exact) mass is 365 g/mol. The molecule has 7 nitrogen and oxygen atoms in total. The van der Waals surface area contributed by atoms with Crippen molar-refractivity contribution in [3.8, 4) is 5.69 Å². The summed E-state index contributed by atoms with van der Waals surface area (Å²) < 4.78 is 2.00. The Balaban J connectivity index is 1.96. The number of thiophene rings is 1. The van der Waals surface area contributed by atoms with Crippen LogP contribution >= 0.6 is 11.3 Å². The second-order valence-corrected chi connectivity index (χ2v) is 7.01. The SMILES string of the molecule is CN(C)c1ccnc2sc3c(=O)n(-c4ccc(C(N)=O)cc4)cnc3c12. The van der Waals surface area contributed by atoms with Gasteiger partial charge < -0.3 is 10.6 Å². The largest absolute Gasteiger partial charge is 0.377 e. The molecule has 3 heterocycles. The molecule has 4 rings (SSSR count). The Morgan fingerprint density at radius 1 is 1.15 bits per heavy atom. The van der Waals surface area contributed by atoms with Gasteiger partial charge in [0.1, 0.15) is 15.9 Å². The fraction of sp³-hybridized carbons (Fsp3) is 0.111. The van der Waals surface area contributed by atoms with E-state index in [-0.39, 0.29) is 5.56 Å². The molecule has 3 aromatic heterocycles. The van der Waals surface area contributed by atoms with Gasteiger partial charge in [0.25, 0.3) is 5.56 Å². The van der Waals surface area contributed by atoms with Crippen molar-refractivity contribution in [1.29, 1.82) is 0 Å². The van der Waals surface area contributed by atoms with Crippen molar-refractivity contribution in [2.75, 3.05) is 19.0 Å². The van der Waals surface area contributed by atoms with Crippen LogP contribution in [-0.4, -0.2) is 34.5 Å². The van der Waals surface area contributed by atoms with Gasteiger partial charge in [-0.1, -0.05) is 0 Å². The van der Waals surface area contributed by atoms with Gasteiger partial charge in [0.05, 0.1) is 22.3 Å². The van der Waals surface area contributed by atoms with Crippen LogP contribution in [0.3, 0.4) is 0 Å². The summed E-state index contributed by atoms with van der Waals surface area (Å²) in [4.78, 5) is 35.9. The zero-order valence-electron chi connectivity index (χ0n) is 14.1. The Kier molecular flexibility index (Phi) is 3.69. The first kappa shape index (κ1) is 16.2. The van der Waals surface area contributed by atoms with Crippen molar-refractivity contribution in [2.24, 2.45) is 5.73 Å². The van der Waals surface area contributed by atoms with Crippen molar-refractivity contribution in [3.63, 3.8) is 0 Å². The standard InChI is InChI=1S/C18H15N5O2S/c1-22(2)12-7-8-20-17-13(12)14-15(26-17)18(25)23(9-21-14)11-5-3-10(4-6-11)16(19)24/h3-9H,1-2H3,(H2,19,24). The van der Waals surface area contributed by atoms with Gasteiger partial charge in [0.15, 0.2) is 0 Å². The van der Waals surface area contributed by atoms with Crippen molar-refractivity contribution < 1.29 is 4.79 Å². The molecule has 2 N–H and O–H groups in total. The summed E-state index contributed by atoms with van der Waals surface area (Å²) >= 11 is 1.33. The molecule has 26 heavy (non-hydrogen) atoms. The molecule has 0 saturated heterocycles. The van der Waals surface area contributed by atoms with Crippen molar-refractivity contribution in [2.45, 2.75) is 0 Å². The lowest BCUT2D eigenvalue weighted by Gasteiger charge is -2.13. The fourth-order valence-corrected chi connectivity index (χ4v) is 3.93. The first-order valence-electron chi connectivity index (χ1n) is 7.84. The third kappa shape index (κ3) is 2.42. The van der Waals surface area contributed by atoms with E-state index in [1.807, 2.05) is 25.1 Å². The number of rotatable bonds is 3. The molecular weight excluding hydrogens is 350 g/mol. The molecule has 0 atom stereocenters. The van der Waals surface area contributed by atoms with E-state index in [9.17, 15) is 9.59 Å². The van der Waals surface area contributed by atoms with Gasteiger partial charge in [-0.05, 0) is 30.3 Å². The maximum atomic E-state index is 13.0. The van der Waals surface area contributed by atoms with Gasteiger partial charge in [-0.2, -0.15) is 0 Å². The number of aromatic nitrogens is 3. The summed E-state index contributed by atoms with van der Waals surface area (Å²) in [5.74, 6) is -0.510. The summed E-state index contributed by atoms with van der Waals surface area (Å²) in [6.07, 6.45) is 3.23. The zero-order chi connectivity index (χ0) is 18.4. The second kappa shape index (κ2) is 5.92. The number of amides is 1. The van der Waals surface area contributed by atoms with Crippen molar-refractivity contribution in [1.82, 2.24) is 14.5 Å². The average Bonchev–Trinajstić information content (AvgIpc) is 3.02. The molecule has 0 bridgehead atoms. The number of nitrogens with zero attached hydrogens (tertiary/aromatic N) is 4. The first-order valence-corrected chi connectivity index (χ1v) is 8.65. The molecule has 0 aliphatic heterocycles. The molecule has 0 unspecified atom stereocenters. The first-order chi connectivity index (χ1) is 12.5. The van der Waals surface area contributed by atoms with Crippen LogP contribution in [0.1, 0.15) is 10.4 Å². The quantitative estimate of drug-likeness (QED) is 0.600. The number of hydrogen-bond acceptors (Lipinski definition) is 6. The van der Waals surface area contributed by atoms with Crippen LogP contribution in [0.25, 0.3) is 26.1 Å². The van der Waals surface area contributed by atoms with E-state index in [0.29, 0.717) is 21.5 Å². The zero-order valence-corrected chi connectivity index (χ0v) is 14.9. The van der Waals surface area contributed by atoms with Crippen LogP contribution < -0.4 is 16.2 Å². The smallest absolute Gasteiger partial charge is 0.275 e. The van der Waals surface area contributed by atoms with Crippen molar-refractivity contribution >= 4 is 43.4 Å². The van der Waals surface area contributed by atoms with Crippen LogP contribution in [0, 0.1) is 0 Å². The van der Waals surface area contributed by atoms with Crippen LogP contribution in [0.15, 0.2) is 47.7 Å². The number of hydrogen-bond donors (Lipinski definition) is 1. The Morgan fingerprint density at radius 3 is 2.54 bits per heavy atom. The molecule has 0 radical (unpaired) electrons. The van der Waals surface area contributed by atoms with Gasteiger partial charge >= 0.3 is 0 Å². The minimum absolute atomic E-state index is 0.172. The van der Waals surface area contributed by atoms with E-state index in [4.69, 9.17) is 5.73 Å². The lowest BCUT2D eigenvalue weighted by atomic mass is 10.2. The summed E-state index contributed by atoms with van der Waals surface area (Å²) in [7, 11) is 3.89. The lowest BCUT2D eigenvalue weighted by molar-refractivity contribution is 0.100. The molecule has 0 spiro atoms. The maximum Gasteiger partial charge on any atom is 0.275 e. The Hall–Kier alpha value is -3.26. The average molecular weight is 365 g/mol. The van der Waals surface area contributed by atoms with Crippen LogP contribution in [-0.2, 0) is 0 Å². The molecule has 1 aromatic carbocycles. The molecule has 0 fully saturated rings. The van der Waals surface area contributed by atoms with Gasteiger partial charge in [-0.25, -0.2) is 9.97 Å². The van der Waals surface area contributed by atoms with E-state index in [0.717, 1.165) is 15.9 Å². The minimum Gasteiger partial charge on any atom is -0.377 e. The van der Waals surface area contributed by atoms with Crippen LogP contribution in [0.5, 0.6) is 0 Å². The topological polar surface area (TPSA) is 94.1 Å². The number of anilines is 1. The Bertz CT molecular complexity index is 1210. The maximum absolute atomic E-state index is 13.0. The van der Waals surface area contributed by atoms with Gasteiger partial charge in [-0.15, -0.1) is 11.3 Å². The summed E-state index contributed by atoms with van der Waals surface area (Å²) in [5, 5.41) is 0.880. The van der Waals surface area contributed by atoms with Crippen molar-refractivity contribution in [3.05, 3.63) is 58.8 Å². The number of benzene rings is 1. The minimum atomic E-state index is -0.510. The number of carbonyl (C=O) groups is 1. The van der Waals surface area contributed by atoms with Gasteiger partial charge in [-0.3, -0.25) is 14.2 Å². The highest BCUT2D eigenvalue weighted by atomic mass is 32.1. The van der Waals surface area contributed by atoms with E-state index in [1.165, 1.54) is 22.2 Å². The number of primary amides is 1. The van der Waals surface area contributed by atoms with Gasteiger partial charge in [0.2, 0.25) is 5.91 Å². The normalized spacial score (nSPS) is 11.2. The van der Waals surface area contributed by atoms with E-state index >= 15 is 0 Å². The van der Waals surface area contributed by atoms with E-state index < -0.39 is 5.91 Å². The predicted molar refractivity (Wildman–Crippen MR) is 103 cm³/mol. The Morgan fingerprint density at radius 2 is 1.88 bits per heavy atom. The highest BCUT2D eigenvalue weighted by Crippen LogP contribution is 2.35. The molecule has 1 amide bonds. The highest BCUT2D eigenvalue weighted by molar-refractivity contribution is 7.25. The fourth-order valence-electron chi connectivity index (χ4n) is 2.88. The highest BCUT2D eigenvalue weighted by Gasteiger charge is 2.17. The number of nitrogens with two attached hydrogens (primary N) is 1. The molecule has 0 aliphatic carbocycles. The molecule has 4 aromatic rings. The molecule has 8 heteroatoms. The number of carbonyl (C=O) groups excluding carboxylic acids is 1. The second-order valence-electron chi connectivity index (χ2n) is 6.02.